The highest BCUT2D eigenvalue weighted by atomic mass is 35.5. The Morgan fingerprint density at radius 3 is 2.69 bits per heavy atom. The fourth-order valence-electron chi connectivity index (χ4n) is 4.55. The van der Waals surface area contributed by atoms with Crippen LogP contribution in [-0.4, -0.2) is 36.2 Å². The topological polar surface area (TPSA) is 65.2 Å². The van der Waals surface area contributed by atoms with Gasteiger partial charge in [0.15, 0.2) is 0 Å². The third-order valence-electron chi connectivity index (χ3n) is 6.22. The molecule has 1 aliphatic carbocycles. The Balaban J connectivity index is 1.77. The highest BCUT2D eigenvalue weighted by Gasteiger charge is 2.36. The number of amides is 1. The van der Waals surface area contributed by atoms with Crippen molar-refractivity contribution < 1.29 is 14.0 Å². The van der Waals surface area contributed by atoms with Crippen LogP contribution in [0.4, 0.5) is 4.39 Å². The molecule has 0 bridgehead atoms. The number of benzene rings is 2. The number of nitrogens with zero attached hydrogens (tertiary/aromatic N) is 1. The minimum atomic E-state index is -0.703. The molecule has 1 aliphatic rings. The number of hydrogen-bond donors (Lipinski definition) is 2. The quantitative estimate of drug-likeness (QED) is 0.394. The fraction of sp³-hybridized carbons (Fsp3) is 0.214. The molecule has 0 fully saturated rings. The van der Waals surface area contributed by atoms with Crippen molar-refractivity contribution in [3.63, 3.8) is 0 Å². The van der Waals surface area contributed by atoms with Gasteiger partial charge in [-0.2, -0.15) is 0 Å². The maximum absolute atomic E-state index is 13.8. The molecule has 2 aromatic carbocycles. The van der Waals surface area contributed by atoms with Crippen molar-refractivity contribution in [2.45, 2.75) is 24.9 Å². The number of likely N-dealkylation sites (N-methyl/N-ethyl adjacent to an activating group) is 1. The van der Waals surface area contributed by atoms with Gasteiger partial charge in [0.1, 0.15) is 12.1 Å². The molecule has 1 heterocycles. The summed E-state index contributed by atoms with van der Waals surface area (Å²) < 4.78 is 13.5. The molecule has 0 spiro atoms. The highest BCUT2D eigenvalue weighted by molar-refractivity contribution is 6.31. The number of halogens is 2. The van der Waals surface area contributed by atoms with Crippen LogP contribution < -0.4 is 5.32 Å². The van der Waals surface area contributed by atoms with Crippen molar-refractivity contribution in [1.29, 1.82) is 0 Å². The summed E-state index contributed by atoms with van der Waals surface area (Å²) >= 11 is 6.18. The van der Waals surface area contributed by atoms with Crippen LogP contribution in [0, 0.1) is 5.82 Å². The van der Waals surface area contributed by atoms with E-state index in [1.807, 2.05) is 43.4 Å². The summed E-state index contributed by atoms with van der Waals surface area (Å²) in [5.74, 6) is -1.40. The van der Waals surface area contributed by atoms with Crippen molar-refractivity contribution in [3.8, 4) is 0 Å². The molecule has 180 valence electrons. The predicted octanol–water partition coefficient (Wildman–Crippen LogP) is 5.75. The first-order valence-electron chi connectivity index (χ1n) is 11.4. The summed E-state index contributed by atoms with van der Waals surface area (Å²) in [6, 6.07) is 10.8. The Morgan fingerprint density at radius 1 is 1.17 bits per heavy atom. The maximum Gasteiger partial charge on any atom is 0.229 e. The molecular formula is C28H27ClFN3O2. The molecule has 2 N–H and O–H groups in total. The molecule has 1 aromatic heterocycles. The van der Waals surface area contributed by atoms with E-state index >= 15 is 0 Å². The summed E-state index contributed by atoms with van der Waals surface area (Å²) in [7, 11) is 3.84. The van der Waals surface area contributed by atoms with Gasteiger partial charge in [0, 0.05) is 34.6 Å². The largest absolute Gasteiger partial charge is 0.361 e. The number of fused-ring (bicyclic) bond motifs is 1. The van der Waals surface area contributed by atoms with E-state index in [2.05, 4.69) is 28.5 Å². The van der Waals surface area contributed by atoms with Gasteiger partial charge in [-0.15, -0.1) is 0 Å². The Labute approximate surface area is 209 Å². The van der Waals surface area contributed by atoms with Crippen molar-refractivity contribution in [3.05, 3.63) is 105 Å². The average Bonchev–Trinajstić information content (AvgIpc) is 3.07. The smallest absolute Gasteiger partial charge is 0.229 e. The number of carbonyl (C=O) groups is 2. The number of carbonyl (C=O) groups excluding carboxylic acids is 2. The number of aromatic amines is 1. The monoisotopic (exact) mass is 491 g/mol. The Hall–Kier alpha value is -3.48. The standard InChI is InChI=1S/C28H27ClFN3O2/c1-33(2)27(23-16-31-25-11-5-3-4-10-22(23)25)26(21-9-7-6-8-19(21)17-34)28(35)32-15-18-12-13-20(30)14-24(18)29/h4-14,16-17,26-27,31H,3,15H2,1-2H3,(H,32,35). The molecule has 0 saturated carbocycles. The number of H-pyrrole nitrogens is 1. The van der Waals surface area contributed by atoms with Crippen molar-refractivity contribution in [1.82, 2.24) is 15.2 Å². The normalized spacial score (nSPS) is 14.3. The molecule has 7 heteroatoms. The zero-order valence-corrected chi connectivity index (χ0v) is 20.4. The minimum Gasteiger partial charge on any atom is -0.361 e. The zero-order chi connectivity index (χ0) is 24.9. The van der Waals surface area contributed by atoms with Crippen molar-refractivity contribution >= 4 is 35.9 Å². The van der Waals surface area contributed by atoms with Crippen LogP contribution in [0.25, 0.3) is 12.2 Å². The molecule has 1 amide bonds. The molecule has 0 saturated heterocycles. The van der Waals surface area contributed by atoms with E-state index in [1.165, 1.54) is 12.1 Å². The molecule has 2 unspecified atom stereocenters. The van der Waals surface area contributed by atoms with E-state index in [1.54, 1.807) is 18.2 Å². The van der Waals surface area contributed by atoms with E-state index < -0.39 is 11.7 Å². The second-order valence-electron chi connectivity index (χ2n) is 8.70. The Bertz CT molecular complexity index is 1300. The maximum atomic E-state index is 13.8. The lowest BCUT2D eigenvalue weighted by Gasteiger charge is -2.33. The van der Waals surface area contributed by atoms with Crippen LogP contribution in [0.15, 0.2) is 60.8 Å². The first-order valence-corrected chi connectivity index (χ1v) is 11.7. The van der Waals surface area contributed by atoms with Gasteiger partial charge >= 0.3 is 0 Å². The van der Waals surface area contributed by atoms with E-state index in [0.717, 1.165) is 29.5 Å². The summed E-state index contributed by atoms with van der Waals surface area (Å²) in [6.45, 7) is 0.131. The van der Waals surface area contributed by atoms with Crippen LogP contribution >= 0.6 is 11.6 Å². The SMILES string of the molecule is CN(C)C(c1c[nH]c2c1C=CCC=C2)C(C(=O)NCc1ccc(F)cc1Cl)c1ccccc1C=O. The van der Waals surface area contributed by atoms with Crippen molar-refractivity contribution in [2.75, 3.05) is 14.1 Å². The third kappa shape index (κ3) is 5.29. The lowest BCUT2D eigenvalue weighted by molar-refractivity contribution is -0.124. The Morgan fingerprint density at radius 2 is 1.94 bits per heavy atom. The number of nitrogens with one attached hydrogen (secondary N) is 2. The molecule has 5 nitrogen and oxygen atoms in total. The first kappa shape index (κ1) is 24.6. The summed E-state index contributed by atoms with van der Waals surface area (Å²) in [6.07, 6.45) is 11.8. The fourth-order valence-corrected chi connectivity index (χ4v) is 4.79. The van der Waals surface area contributed by atoms with Gasteiger partial charge in [-0.05, 0) is 55.4 Å². The van der Waals surface area contributed by atoms with Crippen LogP contribution in [0.2, 0.25) is 5.02 Å². The van der Waals surface area contributed by atoms with Gasteiger partial charge in [0.05, 0.1) is 12.0 Å². The summed E-state index contributed by atoms with van der Waals surface area (Å²) in [4.78, 5) is 31.1. The zero-order valence-electron chi connectivity index (χ0n) is 19.6. The second kappa shape index (κ2) is 10.8. The number of aldehydes is 1. The van der Waals surface area contributed by atoms with Crippen LogP contribution in [0.1, 0.15) is 56.7 Å². The van der Waals surface area contributed by atoms with Crippen LogP contribution in [0.5, 0.6) is 0 Å². The molecule has 0 aliphatic heterocycles. The second-order valence-corrected chi connectivity index (χ2v) is 9.11. The predicted molar refractivity (Wildman–Crippen MR) is 138 cm³/mol. The van der Waals surface area contributed by atoms with Crippen LogP contribution in [-0.2, 0) is 11.3 Å². The molecule has 4 rings (SSSR count). The van der Waals surface area contributed by atoms with Crippen LogP contribution in [0.3, 0.4) is 0 Å². The van der Waals surface area contributed by atoms with E-state index in [0.29, 0.717) is 16.7 Å². The van der Waals surface area contributed by atoms with E-state index in [4.69, 9.17) is 11.6 Å². The van der Waals surface area contributed by atoms with Gasteiger partial charge in [-0.3, -0.25) is 9.59 Å². The lowest BCUT2D eigenvalue weighted by Crippen LogP contribution is -2.38. The average molecular weight is 492 g/mol. The first-order chi connectivity index (χ1) is 16.9. The van der Waals surface area contributed by atoms with Gasteiger partial charge < -0.3 is 15.2 Å². The van der Waals surface area contributed by atoms with E-state index in [9.17, 15) is 14.0 Å². The minimum absolute atomic E-state index is 0.131. The summed E-state index contributed by atoms with van der Waals surface area (Å²) in [5.41, 5.74) is 4.63. The van der Waals surface area contributed by atoms with E-state index in [-0.39, 0.29) is 23.5 Å². The molecular weight excluding hydrogens is 465 g/mol. The summed E-state index contributed by atoms with van der Waals surface area (Å²) in [5, 5.41) is 3.21. The van der Waals surface area contributed by atoms with Gasteiger partial charge in [-0.1, -0.05) is 60.2 Å². The van der Waals surface area contributed by atoms with Crippen molar-refractivity contribution in [2.24, 2.45) is 0 Å². The van der Waals surface area contributed by atoms with Gasteiger partial charge in [-0.25, -0.2) is 4.39 Å². The number of hydrogen-bond acceptors (Lipinski definition) is 3. The molecule has 2 atom stereocenters. The third-order valence-corrected chi connectivity index (χ3v) is 6.58. The lowest BCUT2D eigenvalue weighted by atomic mass is 9.82. The number of aromatic nitrogens is 1. The van der Waals surface area contributed by atoms with Gasteiger partial charge in [0.2, 0.25) is 5.91 Å². The number of rotatable bonds is 8. The Kier molecular flexibility index (Phi) is 7.63. The molecule has 0 radical (unpaired) electrons. The number of allylic oxidation sites excluding steroid dienone is 2. The molecule has 35 heavy (non-hydrogen) atoms. The molecule has 3 aromatic rings. The van der Waals surface area contributed by atoms with Gasteiger partial charge in [0.25, 0.3) is 0 Å². The highest BCUT2D eigenvalue weighted by Crippen LogP contribution is 2.39.